The Balaban J connectivity index is 2.25. The van der Waals surface area contributed by atoms with Gasteiger partial charge >= 0.3 is 5.97 Å². The van der Waals surface area contributed by atoms with Gasteiger partial charge < -0.3 is 9.67 Å². The van der Waals surface area contributed by atoms with E-state index in [1.54, 1.807) is 0 Å². The summed E-state index contributed by atoms with van der Waals surface area (Å²) < 4.78 is 2.10. The fraction of sp³-hybridized carbons (Fsp3) is 0.583. The van der Waals surface area contributed by atoms with Crippen molar-refractivity contribution >= 4 is 5.97 Å². The summed E-state index contributed by atoms with van der Waals surface area (Å²) >= 11 is 0. The Morgan fingerprint density at radius 1 is 1.20 bits per heavy atom. The molecule has 0 spiro atoms. The second-order valence-corrected chi connectivity index (χ2v) is 4.45. The fourth-order valence-corrected chi connectivity index (χ4v) is 2.67. The number of nitrogens with zero attached hydrogens (tertiary/aromatic N) is 1. The maximum atomic E-state index is 11.0. The van der Waals surface area contributed by atoms with Gasteiger partial charge in [0.1, 0.15) is 0 Å². The van der Waals surface area contributed by atoms with Gasteiger partial charge in [0.25, 0.3) is 0 Å². The van der Waals surface area contributed by atoms with E-state index in [1.165, 1.54) is 6.42 Å². The van der Waals surface area contributed by atoms with Crippen molar-refractivity contribution in [2.45, 2.75) is 44.1 Å². The first-order valence-corrected chi connectivity index (χ1v) is 5.58. The maximum absolute atomic E-state index is 11.0. The van der Waals surface area contributed by atoms with Crippen LogP contribution in [0.3, 0.4) is 0 Å². The topological polar surface area (TPSA) is 42.2 Å². The molecule has 2 rings (SSSR count). The maximum Gasteiger partial charge on any atom is 0.305 e. The number of carbonyl (C=O) groups is 1. The van der Waals surface area contributed by atoms with Gasteiger partial charge in [0.2, 0.25) is 0 Å². The molecule has 0 atom stereocenters. The highest BCUT2D eigenvalue weighted by Gasteiger charge is 2.35. The first-order chi connectivity index (χ1) is 7.23. The molecule has 3 nitrogen and oxygen atoms in total. The van der Waals surface area contributed by atoms with E-state index in [-0.39, 0.29) is 12.0 Å². The van der Waals surface area contributed by atoms with Crippen molar-refractivity contribution in [3.63, 3.8) is 0 Å². The van der Waals surface area contributed by atoms with Crippen LogP contribution in [0, 0.1) is 0 Å². The average Bonchev–Trinajstić information content (AvgIpc) is 2.71. The van der Waals surface area contributed by atoms with Gasteiger partial charge in [-0.2, -0.15) is 0 Å². The Morgan fingerprint density at radius 2 is 1.80 bits per heavy atom. The van der Waals surface area contributed by atoms with E-state index < -0.39 is 5.97 Å². The highest BCUT2D eigenvalue weighted by Crippen LogP contribution is 2.37. The highest BCUT2D eigenvalue weighted by molar-refractivity contribution is 5.68. The van der Waals surface area contributed by atoms with Crippen molar-refractivity contribution in [2.75, 3.05) is 0 Å². The minimum Gasteiger partial charge on any atom is -0.481 e. The highest BCUT2D eigenvalue weighted by atomic mass is 16.4. The van der Waals surface area contributed by atoms with Gasteiger partial charge in [-0.25, -0.2) is 0 Å². The van der Waals surface area contributed by atoms with E-state index in [9.17, 15) is 4.79 Å². The fourth-order valence-electron chi connectivity index (χ4n) is 2.67. The molecule has 1 aromatic rings. The molecule has 0 unspecified atom stereocenters. The molecule has 0 aromatic carbocycles. The standard InChI is InChI=1S/C12H17NO2/c14-11(15)10-12(6-2-1-3-7-12)13-8-4-5-9-13/h4-5,8-9H,1-3,6-7,10H2,(H,14,15). The molecule has 0 amide bonds. The molecular formula is C12H17NO2. The molecule has 15 heavy (non-hydrogen) atoms. The minimum atomic E-state index is -0.689. The van der Waals surface area contributed by atoms with Gasteiger partial charge in [0, 0.05) is 12.4 Å². The van der Waals surface area contributed by atoms with Crippen LogP contribution in [0.2, 0.25) is 0 Å². The van der Waals surface area contributed by atoms with Crippen molar-refractivity contribution < 1.29 is 9.90 Å². The lowest BCUT2D eigenvalue weighted by Gasteiger charge is -2.37. The van der Waals surface area contributed by atoms with Gasteiger partial charge in [-0.15, -0.1) is 0 Å². The summed E-state index contributed by atoms with van der Waals surface area (Å²) in [4.78, 5) is 11.0. The summed E-state index contributed by atoms with van der Waals surface area (Å²) in [6, 6.07) is 3.94. The minimum absolute atomic E-state index is 0.159. The molecule has 0 radical (unpaired) electrons. The third-order valence-electron chi connectivity index (χ3n) is 3.42. The monoisotopic (exact) mass is 207 g/mol. The molecule has 1 N–H and O–H groups in total. The van der Waals surface area contributed by atoms with E-state index in [0.717, 1.165) is 25.7 Å². The molecule has 1 aliphatic carbocycles. The molecule has 3 heteroatoms. The summed E-state index contributed by atoms with van der Waals surface area (Å²) in [5, 5.41) is 9.02. The number of aromatic nitrogens is 1. The number of carboxylic acid groups (broad SMARTS) is 1. The predicted octanol–water partition coefficient (Wildman–Crippen LogP) is 2.62. The van der Waals surface area contributed by atoms with E-state index in [2.05, 4.69) is 4.57 Å². The van der Waals surface area contributed by atoms with Crippen molar-refractivity contribution in [1.29, 1.82) is 0 Å². The molecule has 1 heterocycles. The van der Waals surface area contributed by atoms with Crippen molar-refractivity contribution in [3.8, 4) is 0 Å². The second-order valence-electron chi connectivity index (χ2n) is 4.45. The SMILES string of the molecule is O=C(O)CC1(n2cccc2)CCCCC1. The first-order valence-electron chi connectivity index (χ1n) is 5.58. The quantitative estimate of drug-likeness (QED) is 0.827. The first kappa shape index (κ1) is 10.3. The van der Waals surface area contributed by atoms with Gasteiger partial charge in [-0.1, -0.05) is 19.3 Å². The molecule has 1 aromatic heterocycles. The zero-order valence-electron chi connectivity index (χ0n) is 8.85. The van der Waals surface area contributed by atoms with Crippen LogP contribution in [0.1, 0.15) is 38.5 Å². The number of hydrogen-bond acceptors (Lipinski definition) is 1. The Kier molecular flexibility index (Phi) is 2.80. The van der Waals surface area contributed by atoms with E-state index in [0.29, 0.717) is 0 Å². The van der Waals surface area contributed by atoms with Gasteiger partial charge in [0.05, 0.1) is 12.0 Å². The van der Waals surface area contributed by atoms with Crippen LogP contribution in [0.15, 0.2) is 24.5 Å². The van der Waals surface area contributed by atoms with Crippen molar-refractivity contribution in [1.82, 2.24) is 4.57 Å². The number of rotatable bonds is 3. The van der Waals surface area contributed by atoms with Crippen LogP contribution in [0.5, 0.6) is 0 Å². The molecule has 0 saturated heterocycles. The smallest absolute Gasteiger partial charge is 0.305 e. The summed E-state index contributed by atoms with van der Waals surface area (Å²) in [5.41, 5.74) is -0.159. The van der Waals surface area contributed by atoms with E-state index >= 15 is 0 Å². The lowest BCUT2D eigenvalue weighted by Crippen LogP contribution is -2.37. The summed E-state index contributed by atoms with van der Waals surface area (Å²) in [7, 11) is 0. The molecule has 1 fully saturated rings. The van der Waals surface area contributed by atoms with Crippen molar-refractivity contribution in [2.24, 2.45) is 0 Å². The molecule has 0 bridgehead atoms. The van der Waals surface area contributed by atoms with E-state index in [4.69, 9.17) is 5.11 Å². The zero-order valence-corrected chi connectivity index (χ0v) is 8.85. The summed E-state index contributed by atoms with van der Waals surface area (Å²) in [5.74, 6) is -0.689. The van der Waals surface area contributed by atoms with Crippen LogP contribution < -0.4 is 0 Å². The molecular weight excluding hydrogens is 190 g/mol. The third kappa shape index (κ3) is 2.06. The normalized spacial score (nSPS) is 20.0. The molecule has 1 aliphatic rings. The molecule has 1 saturated carbocycles. The lowest BCUT2D eigenvalue weighted by atomic mass is 9.79. The van der Waals surface area contributed by atoms with Crippen LogP contribution in [0.4, 0.5) is 0 Å². The van der Waals surface area contributed by atoms with Crippen LogP contribution >= 0.6 is 0 Å². The van der Waals surface area contributed by atoms with Gasteiger partial charge in [-0.3, -0.25) is 4.79 Å². The number of aliphatic carboxylic acids is 1. The lowest BCUT2D eigenvalue weighted by molar-refractivity contribution is -0.140. The average molecular weight is 207 g/mol. The van der Waals surface area contributed by atoms with Crippen LogP contribution in [0.25, 0.3) is 0 Å². The largest absolute Gasteiger partial charge is 0.481 e. The second kappa shape index (κ2) is 4.09. The Bertz CT molecular complexity index is 323. The van der Waals surface area contributed by atoms with Gasteiger partial charge in [-0.05, 0) is 25.0 Å². The summed E-state index contributed by atoms with van der Waals surface area (Å²) in [6.07, 6.45) is 9.76. The molecule has 0 aliphatic heterocycles. The van der Waals surface area contributed by atoms with E-state index in [1.807, 2.05) is 24.5 Å². The Labute approximate surface area is 89.7 Å². The molecule has 82 valence electrons. The predicted molar refractivity (Wildman–Crippen MR) is 57.7 cm³/mol. The van der Waals surface area contributed by atoms with Crippen LogP contribution in [-0.2, 0) is 10.3 Å². The number of hydrogen-bond donors (Lipinski definition) is 1. The third-order valence-corrected chi connectivity index (χ3v) is 3.42. The van der Waals surface area contributed by atoms with Gasteiger partial charge in [0.15, 0.2) is 0 Å². The van der Waals surface area contributed by atoms with Crippen LogP contribution in [-0.4, -0.2) is 15.6 Å². The Morgan fingerprint density at radius 3 is 2.33 bits per heavy atom. The number of carboxylic acids is 1. The summed E-state index contributed by atoms with van der Waals surface area (Å²) in [6.45, 7) is 0. The van der Waals surface area contributed by atoms with Crippen molar-refractivity contribution in [3.05, 3.63) is 24.5 Å². The zero-order chi connectivity index (χ0) is 10.7. The Hall–Kier alpha value is -1.25.